The van der Waals surface area contributed by atoms with Crippen molar-refractivity contribution in [1.29, 1.82) is 0 Å². The van der Waals surface area contributed by atoms with E-state index in [9.17, 15) is 23.2 Å². The summed E-state index contributed by atoms with van der Waals surface area (Å²) >= 11 is 1.05. The average molecular weight is 463 g/mol. The van der Waals surface area contributed by atoms with E-state index in [2.05, 4.69) is 20.2 Å². The number of anilines is 1. The molecule has 1 N–H and O–H groups in total. The number of halogens is 2. The number of methoxy groups -OCH3 is 1. The first-order valence-corrected chi connectivity index (χ1v) is 9.92. The molecule has 3 aromatic heterocycles. The van der Waals surface area contributed by atoms with Crippen molar-refractivity contribution in [1.82, 2.24) is 19.3 Å². The smallest absolute Gasteiger partial charge is 0.333 e. The number of aryl methyl sites for hydroxylation is 1. The summed E-state index contributed by atoms with van der Waals surface area (Å²) in [5.74, 6) is -2.81. The van der Waals surface area contributed by atoms with Crippen molar-refractivity contribution in [3.63, 3.8) is 0 Å². The van der Waals surface area contributed by atoms with E-state index in [1.54, 1.807) is 0 Å². The fourth-order valence-corrected chi connectivity index (χ4v) is 3.86. The Labute approximate surface area is 181 Å². The minimum absolute atomic E-state index is 0.0220. The second-order valence-electron chi connectivity index (χ2n) is 6.75. The van der Waals surface area contributed by atoms with Gasteiger partial charge in [-0.2, -0.15) is 0 Å². The first-order chi connectivity index (χ1) is 15.2. The Morgan fingerprint density at radius 3 is 2.56 bits per heavy atom. The van der Waals surface area contributed by atoms with Crippen LogP contribution in [0.1, 0.15) is 5.69 Å². The number of hydrogen-bond acceptors (Lipinski definition) is 8. The van der Waals surface area contributed by atoms with Gasteiger partial charge in [0, 0.05) is 25.0 Å². The van der Waals surface area contributed by atoms with Crippen molar-refractivity contribution in [2.24, 2.45) is 14.1 Å². The lowest BCUT2D eigenvalue weighted by molar-refractivity contribution is -0.115. The van der Waals surface area contributed by atoms with Gasteiger partial charge in [0.1, 0.15) is 11.1 Å². The third-order valence-electron chi connectivity index (χ3n) is 4.72. The van der Waals surface area contributed by atoms with Gasteiger partial charge in [-0.05, 0) is 12.1 Å². The van der Waals surface area contributed by atoms with E-state index in [1.807, 2.05) is 0 Å². The summed E-state index contributed by atoms with van der Waals surface area (Å²) in [6.07, 6.45) is -0.318. The molecule has 0 bridgehead atoms. The van der Waals surface area contributed by atoms with Gasteiger partial charge in [0.05, 0.1) is 19.2 Å². The molecular formula is C19H15F2N5O5S. The molecule has 0 aliphatic rings. The Morgan fingerprint density at radius 2 is 1.91 bits per heavy atom. The van der Waals surface area contributed by atoms with Gasteiger partial charge in [-0.15, -0.1) is 11.3 Å². The van der Waals surface area contributed by atoms with Crippen LogP contribution in [0, 0.1) is 11.6 Å². The second-order valence-corrected chi connectivity index (χ2v) is 7.61. The average Bonchev–Trinajstić information content (AvgIpc) is 3.38. The summed E-state index contributed by atoms with van der Waals surface area (Å²) in [5, 5.41) is 8.01. The SMILES string of the molecule is COc1c(F)cc(-c2csc(NC(=O)Cc3noc4c3c(=O)n(C)c(=O)n4C)n2)cc1F. The van der Waals surface area contributed by atoms with Crippen LogP contribution in [0.15, 0.2) is 31.6 Å². The van der Waals surface area contributed by atoms with E-state index in [1.165, 1.54) is 19.5 Å². The maximum absolute atomic E-state index is 13.9. The summed E-state index contributed by atoms with van der Waals surface area (Å²) < 4.78 is 39.6. The van der Waals surface area contributed by atoms with Gasteiger partial charge in [-0.1, -0.05) is 5.16 Å². The molecule has 0 spiro atoms. The molecule has 1 aromatic carbocycles. The van der Waals surface area contributed by atoms with Crippen LogP contribution in [0.3, 0.4) is 0 Å². The van der Waals surface area contributed by atoms with Crippen molar-refractivity contribution in [2.75, 3.05) is 12.4 Å². The van der Waals surface area contributed by atoms with Crippen LogP contribution in [-0.4, -0.2) is 32.3 Å². The number of amides is 1. The number of nitrogens with one attached hydrogen (secondary N) is 1. The van der Waals surface area contributed by atoms with E-state index >= 15 is 0 Å². The van der Waals surface area contributed by atoms with Crippen molar-refractivity contribution in [3.05, 3.63) is 55.7 Å². The summed E-state index contributed by atoms with van der Waals surface area (Å²) in [5.41, 5.74) is -0.777. The Hall–Kier alpha value is -3.87. The minimum atomic E-state index is -0.880. The molecule has 4 rings (SSSR count). The van der Waals surface area contributed by atoms with Gasteiger partial charge >= 0.3 is 5.69 Å². The van der Waals surface area contributed by atoms with Crippen molar-refractivity contribution < 1.29 is 22.8 Å². The largest absolute Gasteiger partial charge is 0.491 e. The quantitative estimate of drug-likeness (QED) is 0.479. The molecule has 0 saturated heterocycles. The standard InChI is InChI=1S/C19H15F2N5O5S/c1-25-16(28)14-11(24-31-17(14)26(2)19(25)29)6-13(27)23-18-22-12(7-32-18)8-4-9(20)15(30-3)10(21)5-8/h4-5,7H,6H2,1-3H3,(H,22,23,27). The fourth-order valence-electron chi connectivity index (χ4n) is 3.13. The van der Waals surface area contributed by atoms with E-state index in [4.69, 9.17) is 4.52 Å². The number of benzene rings is 1. The lowest BCUT2D eigenvalue weighted by atomic mass is 10.1. The highest BCUT2D eigenvalue weighted by Gasteiger charge is 2.21. The molecule has 0 atom stereocenters. The number of rotatable bonds is 5. The summed E-state index contributed by atoms with van der Waals surface area (Å²) in [7, 11) is 3.88. The maximum atomic E-state index is 13.9. The molecule has 13 heteroatoms. The fraction of sp³-hybridized carbons (Fsp3) is 0.211. The molecule has 0 aliphatic carbocycles. The molecule has 10 nitrogen and oxygen atoms in total. The van der Waals surface area contributed by atoms with Gasteiger partial charge < -0.3 is 14.6 Å². The van der Waals surface area contributed by atoms with Crippen LogP contribution in [0.25, 0.3) is 22.4 Å². The topological polar surface area (TPSA) is 121 Å². The maximum Gasteiger partial charge on any atom is 0.333 e. The highest BCUT2D eigenvalue weighted by molar-refractivity contribution is 7.14. The lowest BCUT2D eigenvalue weighted by Crippen LogP contribution is -2.36. The van der Waals surface area contributed by atoms with E-state index < -0.39 is 34.5 Å². The number of nitrogens with zero attached hydrogens (tertiary/aromatic N) is 4. The molecular weight excluding hydrogens is 448 g/mol. The van der Waals surface area contributed by atoms with Crippen LogP contribution >= 0.6 is 11.3 Å². The molecule has 0 aliphatic heterocycles. The highest BCUT2D eigenvalue weighted by Crippen LogP contribution is 2.30. The van der Waals surface area contributed by atoms with Crippen molar-refractivity contribution in [3.8, 4) is 17.0 Å². The van der Waals surface area contributed by atoms with Crippen LogP contribution in [0.5, 0.6) is 5.75 Å². The van der Waals surface area contributed by atoms with Gasteiger partial charge in [0.15, 0.2) is 22.5 Å². The molecule has 0 unspecified atom stereocenters. The zero-order valence-corrected chi connectivity index (χ0v) is 17.7. The lowest BCUT2D eigenvalue weighted by Gasteiger charge is -2.05. The van der Waals surface area contributed by atoms with Gasteiger partial charge in [-0.25, -0.2) is 18.6 Å². The number of hydrogen-bond donors (Lipinski definition) is 1. The zero-order chi connectivity index (χ0) is 23.2. The first-order valence-electron chi connectivity index (χ1n) is 9.04. The number of fused-ring (bicyclic) bond motifs is 1. The number of carbonyl (C=O) groups is 1. The minimum Gasteiger partial charge on any atom is -0.491 e. The second kappa shape index (κ2) is 8.00. The normalized spacial score (nSPS) is 11.2. The Balaban J connectivity index is 1.56. The van der Waals surface area contributed by atoms with Crippen molar-refractivity contribution in [2.45, 2.75) is 6.42 Å². The van der Waals surface area contributed by atoms with E-state index in [0.717, 1.165) is 39.7 Å². The molecule has 32 heavy (non-hydrogen) atoms. The third-order valence-corrected chi connectivity index (χ3v) is 5.48. The predicted octanol–water partition coefficient (Wildman–Crippen LogP) is 1.82. The Kier molecular flexibility index (Phi) is 5.34. The van der Waals surface area contributed by atoms with Crippen LogP contribution in [0.2, 0.25) is 0 Å². The molecule has 166 valence electrons. The van der Waals surface area contributed by atoms with Crippen LogP contribution in [-0.2, 0) is 25.3 Å². The summed E-state index contributed by atoms with van der Waals surface area (Å²) in [4.78, 5) is 41.0. The number of carbonyl (C=O) groups excluding carboxylic acids is 1. The molecule has 3 heterocycles. The molecule has 0 fully saturated rings. The van der Waals surface area contributed by atoms with Crippen LogP contribution in [0.4, 0.5) is 13.9 Å². The molecule has 0 saturated carbocycles. The summed E-state index contributed by atoms with van der Waals surface area (Å²) in [6.45, 7) is 0. The number of aromatic nitrogens is 4. The number of thiazole rings is 1. The monoisotopic (exact) mass is 463 g/mol. The Morgan fingerprint density at radius 1 is 1.22 bits per heavy atom. The van der Waals surface area contributed by atoms with Crippen LogP contribution < -0.4 is 21.3 Å². The van der Waals surface area contributed by atoms with Gasteiger partial charge in [0.25, 0.3) is 5.56 Å². The van der Waals surface area contributed by atoms with Crippen molar-refractivity contribution >= 4 is 33.5 Å². The molecule has 4 aromatic rings. The third kappa shape index (κ3) is 3.56. The molecule has 0 radical (unpaired) electrons. The highest BCUT2D eigenvalue weighted by atomic mass is 32.1. The van der Waals surface area contributed by atoms with E-state index in [-0.39, 0.29) is 39.6 Å². The first kappa shape index (κ1) is 21.4. The van der Waals surface area contributed by atoms with Gasteiger partial charge in [0.2, 0.25) is 11.6 Å². The molecule has 1 amide bonds. The summed E-state index contributed by atoms with van der Waals surface area (Å²) in [6, 6.07) is 2.15. The predicted molar refractivity (Wildman–Crippen MR) is 111 cm³/mol. The van der Waals surface area contributed by atoms with Gasteiger partial charge in [-0.3, -0.25) is 18.7 Å². The number of ether oxygens (including phenoxy) is 1. The Bertz CT molecular complexity index is 1460. The van der Waals surface area contributed by atoms with E-state index in [0.29, 0.717) is 0 Å². The zero-order valence-electron chi connectivity index (χ0n) is 16.9.